The number of hydrogen-bond acceptors (Lipinski definition) is 6. The number of rotatable bonds is 7. The topological polar surface area (TPSA) is 55.2 Å². The highest BCUT2D eigenvalue weighted by Gasteiger charge is 2.19. The number of piperazine rings is 1. The van der Waals surface area contributed by atoms with E-state index in [1.807, 2.05) is 18.2 Å². The third-order valence-electron chi connectivity index (χ3n) is 5.32. The Morgan fingerprint density at radius 2 is 1.86 bits per heavy atom. The van der Waals surface area contributed by atoms with Crippen molar-refractivity contribution < 1.29 is 13.9 Å². The monoisotopic (exact) mass is 394 g/mol. The molecule has 6 heteroatoms. The van der Waals surface area contributed by atoms with Gasteiger partial charge in [-0.15, -0.1) is 0 Å². The van der Waals surface area contributed by atoms with E-state index in [1.165, 1.54) is 18.0 Å². The van der Waals surface area contributed by atoms with Crippen LogP contribution in [0.2, 0.25) is 0 Å². The van der Waals surface area contributed by atoms with E-state index < -0.39 is 0 Å². The van der Waals surface area contributed by atoms with Crippen LogP contribution in [-0.2, 0) is 0 Å². The molecule has 1 aliphatic rings. The van der Waals surface area contributed by atoms with Gasteiger partial charge in [-0.3, -0.25) is 9.69 Å². The predicted molar refractivity (Wildman–Crippen MR) is 114 cm³/mol. The molecule has 29 heavy (non-hydrogen) atoms. The molecule has 4 rings (SSSR count). The zero-order valence-corrected chi connectivity index (χ0v) is 16.7. The third kappa shape index (κ3) is 4.54. The second-order valence-corrected chi connectivity index (χ2v) is 7.15. The molecule has 152 valence electrons. The molecule has 1 aromatic heterocycles. The highest BCUT2D eigenvalue weighted by molar-refractivity contribution is 5.77. The standard InChI is InChI=1S/C23H26N2O4/c1-27-22-6-3-2-5-20(22)25-13-11-24(12-14-25)10-4-15-28-18-7-8-19-21(26)9-16-29-23(19)17-18/h2-3,5-9,16-17H,4,10-15H2,1H3. The lowest BCUT2D eigenvalue weighted by Gasteiger charge is -2.36. The minimum Gasteiger partial charge on any atom is -0.495 e. The van der Waals surface area contributed by atoms with E-state index in [2.05, 4.69) is 21.9 Å². The van der Waals surface area contributed by atoms with Crippen LogP contribution >= 0.6 is 0 Å². The number of fused-ring (bicyclic) bond motifs is 1. The fraction of sp³-hybridized carbons (Fsp3) is 0.348. The number of para-hydroxylation sites is 2. The minimum atomic E-state index is -0.0370. The van der Waals surface area contributed by atoms with Gasteiger partial charge in [-0.1, -0.05) is 12.1 Å². The van der Waals surface area contributed by atoms with Gasteiger partial charge < -0.3 is 18.8 Å². The largest absolute Gasteiger partial charge is 0.495 e. The summed E-state index contributed by atoms with van der Waals surface area (Å²) in [6.07, 6.45) is 2.37. The maximum atomic E-state index is 11.8. The van der Waals surface area contributed by atoms with E-state index in [0.29, 0.717) is 17.6 Å². The van der Waals surface area contributed by atoms with Crippen molar-refractivity contribution in [1.29, 1.82) is 0 Å². The zero-order chi connectivity index (χ0) is 20.1. The first-order chi connectivity index (χ1) is 14.2. The lowest BCUT2D eigenvalue weighted by molar-refractivity contribution is 0.224. The van der Waals surface area contributed by atoms with Crippen molar-refractivity contribution in [3.63, 3.8) is 0 Å². The van der Waals surface area contributed by atoms with E-state index in [1.54, 1.807) is 19.2 Å². The SMILES string of the molecule is COc1ccccc1N1CCN(CCCOc2ccc3c(=O)ccoc3c2)CC1. The average Bonchev–Trinajstić information content (AvgIpc) is 2.77. The van der Waals surface area contributed by atoms with Gasteiger partial charge in [0.15, 0.2) is 5.43 Å². The Morgan fingerprint density at radius 1 is 1.03 bits per heavy atom. The van der Waals surface area contributed by atoms with Crippen LogP contribution in [0.3, 0.4) is 0 Å². The summed E-state index contributed by atoms with van der Waals surface area (Å²) >= 11 is 0. The Balaban J connectivity index is 1.23. The Morgan fingerprint density at radius 3 is 2.69 bits per heavy atom. The van der Waals surface area contributed by atoms with Crippen LogP contribution in [0.4, 0.5) is 5.69 Å². The van der Waals surface area contributed by atoms with Crippen LogP contribution in [0.15, 0.2) is 64.0 Å². The summed E-state index contributed by atoms with van der Waals surface area (Å²) in [6, 6.07) is 15.0. The van der Waals surface area contributed by atoms with Crippen molar-refractivity contribution >= 4 is 16.7 Å². The Kier molecular flexibility index (Phi) is 6.00. The molecule has 0 spiro atoms. The summed E-state index contributed by atoms with van der Waals surface area (Å²) in [6.45, 7) is 5.67. The maximum Gasteiger partial charge on any atom is 0.192 e. The zero-order valence-electron chi connectivity index (χ0n) is 16.7. The summed E-state index contributed by atoms with van der Waals surface area (Å²) in [5, 5.41) is 0.577. The van der Waals surface area contributed by atoms with E-state index in [4.69, 9.17) is 13.9 Å². The summed E-state index contributed by atoms with van der Waals surface area (Å²) < 4.78 is 16.7. The molecule has 2 heterocycles. The first-order valence-electron chi connectivity index (χ1n) is 9.99. The van der Waals surface area contributed by atoms with Gasteiger partial charge >= 0.3 is 0 Å². The first-order valence-corrected chi connectivity index (χ1v) is 9.99. The predicted octanol–water partition coefficient (Wildman–Crippen LogP) is 3.39. The second-order valence-electron chi connectivity index (χ2n) is 7.15. The van der Waals surface area contributed by atoms with Crippen LogP contribution in [0, 0.1) is 0 Å². The summed E-state index contributed by atoms with van der Waals surface area (Å²) in [7, 11) is 1.72. The van der Waals surface area contributed by atoms with Crippen LogP contribution in [0.1, 0.15) is 6.42 Å². The van der Waals surface area contributed by atoms with Crippen molar-refractivity contribution in [1.82, 2.24) is 4.90 Å². The van der Waals surface area contributed by atoms with Crippen LogP contribution in [-0.4, -0.2) is 51.3 Å². The lowest BCUT2D eigenvalue weighted by Crippen LogP contribution is -2.46. The molecule has 1 saturated heterocycles. The van der Waals surface area contributed by atoms with Gasteiger partial charge in [-0.2, -0.15) is 0 Å². The van der Waals surface area contributed by atoms with Gasteiger partial charge in [0.1, 0.15) is 17.1 Å². The molecule has 0 atom stereocenters. The molecule has 0 aliphatic carbocycles. The molecule has 3 aromatic rings. The second kappa shape index (κ2) is 9.01. The molecule has 0 radical (unpaired) electrons. The molecular formula is C23H26N2O4. The van der Waals surface area contributed by atoms with Crippen LogP contribution < -0.4 is 19.8 Å². The van der Waals surface area contributed by atoms with E-state index in [9.17, 15) is 4.79 Å². The summed E-state index contributed by atoms with van der Waals surface area (Å²) in [4.78, 5) is 16.6. The lowest BCUT2D eigenvalue weighted by atomic mass is 10.2. The van der Waals surface area contributed by atoms with Gasteiger partial charge in [0.05, 0.1) is 31.1 Å². The molecule has 6 nitrogen and oxygen atoms in total. The Labute approximate surface area is 170 Å². The highest BCUT2D eigenvalue weighted by Crippen LogP contribution is 2.28. The number of benzene rings is 2. The fourth-order valence-electron chi connectivity index (χ4n) is 3.73. The molecule has 0 amide bonds. The van der Waals surface area contributed by atoms with Gasteiger partial charge in [-0.25, -0.2) is 0 Å². The van der Waals surface area contributed by atoms with Gasteiger partial charge in [0.2, 0.25) is 0 Å². The molecule has 1 aliphatic heterocycles. The van der Waals surface area contributed by atoms with Gasteiger partial charge in [0.25, 0.3) is 0 Å². The van der Waals surface area contributed by atoms with Crippen molar-refractivity contribution in [3.05, 3.63) is 65.0 Å². The molecule has 2 aromatic carbocycles. The Bertz CT molecular complexity index is 1010. The molecular weight excluding hydrogens is 368 g/mol. The molecule has 0 saturated carbocycles. The number of ether oxygens (including phenoxy) is 2. The molecule has 0 N–H and O–H groups in total. The average molecular weight is 394 g/mol. The van der Waals surface area contributed by atoms with E-state index >= 15 is 0 Å². The maximum absolute atomic E-state index is 11.8. The van der Waals surface area contributed by atoms with Crippen LogP contribution in [0.5, 0.6) is 11.5 Å². The fourth-order valence-corrected chi connectivity index (χ4v) is 3.73. The summed E-state index contributed by atoms with van der Waals surface area (Å²) in [5.41, 5.74) is 1.69. The van der Waals surface area contributed by atoms with Gasteiger partial charge in [0, 0.05) is 44.9 Å². The molecule has 0 bridgehead atoms. The first kappa shape index (κ1) is 19.3. The van der Waals surface area contributed by atoms with Crippen LogP contribution in [0.25, 0.3) is 11.0 Å². The number of methoxy groups -OCH3 is 1. The highest BCUT2D eigenvalue weighted by atomic mass is 16.5. The van der Waals surface area contributed by atoms with Crippen molar-refractivity contribution in [3.8, 4) is 11.5 Å². The molecule has 0 unspecified atom stereocenters. The quantitative estimate of drug-likeness (QED) is 0.573. The number of anilines is 1. The van der Waals surface area contributed by atoms with Crippen molar-refractivity contribution in [2.45, 2.75) is 6.42 Å². The van der Waals surface area contributed by atoms with Gasteiger partial charge in [-0.05, 0) is 30.7 Å². The minimum absolute atomic E-state index is 0.0370. The van der Waals surface area contributed by atoms with E-state index in [0.717, 1.165) is 50.6 Å². The third-order valence-corrected chi connectivity index (χ3v) is 5.32. The normalized spacial score (nSPS) is 14.9. The van der Waals surface area contributed by atoms with Crippen molar-refractivity contribution in [2.24, 2.45) is 0 Å². The Hall–Kier alpha value is -2.99. The number of nitrogens with zero attached hydrogens (tertiary/aromatic N) is 2. The summed E-state index contributed by atoms with van der Waals surface area (Å²) in [5.74, 6) is 1.66. The smallest absolute Gasteiger partial charge is 0.192 e. The molecule has 1 fully saturated rings. The van der Waals surface area contributed by atoms with Crippen molar-refractivity contribution in [2.75, 3.05) is 51.3 Å². The van der Waals surface area contributed by atoms with E-state index in [-0.39, 0.29) is 5.43 Å². The number of hydrogen-bond donors (Lipinski definition) is 0.